The van der Waals surface area contributed by atoms with Crippen LogP contribution in [0.15, 0.2) is 34.5 Å². The molecule has 1 heterocycles. The number of thioether (sulfide) groups is 1. The highest BCUT2D eigenvalue weighted by Gasteiger charge is 2.32. The Morgan fingerprint density at radius 1 is 1.37 bits per heavy atom. The van der Waals surface area contributed by atoms with Crippen molar-refractivity contribution in [2.75, 3.05) is 0 Å². The zero-order valence-corrected chi connectivity index (χ0v) is 11.5. The maximum atomic E-state index is 11.6. The first-order chi connectivity index (χ1) is 9.06. The van der Waals surface area contributed by atoms with E-state index in [9.17, 15) is 4.79 Å². The quantitative estimate of drug-likeness (QED) is 0.655. The molecule has 1 aromatic rings. The van der Waals surface area contributed by atoms with E-state index in [1.54, 1.807) is 30.5 Å². The van der Waals surface area contributed by atoms with Crippen LogP contribution in [0.25, 0.3) is 0 Å². The van der Waals surface area contributed by atoms with E-state index >= 15 is 0 Å². The Hall–Kier alpha value is -1.82. The van der Waals surface area contributed by atoms with Crippen molar-refractivity contribution in [3.8, 4) is 5.75 Å². The van der Waals surface area contributed by atoms with E-state index in [4.69, 9.17) is 5.11 Å². The second-order valence-electron chi connectivity index (χ2n) is 4.51. The molecule has 2 rings (SSSR count). The Kier molecular flexibility index (Phi) is 4.21. The van der Waals surface area contributed by atoms with Crippen molar-refractivity contribution >= 4 is 29.1 Å². The van der Waals surface area contributed by atoms with E-state index < -0.39 is 0 Å². The second-order valence-corrected chi connectivity index (χ2v) is 5.64. The number of carbonyl (C=O) groups is 1. The lowest BCUT2D eigenvalue weighted by Crippen LogP contribution is -2.27. The fourth-order valence-electron chi connectivity index (χ4n) is 1.58. The van der Waals surface area contributed by atoms with Gasteiger partial charge in [0.25, 0.3) is 0 Å². The van der Waals surface area contributed by atoms with Gasteiger partial charge < -0.3 is 10.4 Å². The van der Waals surface area contributed by atoms with Crippen molar-refractivity contribution in [1.29, 1.82) is 0 Å². The smallest absolute Gasteiger partial charge is 0.239 e. The van der Waals surface area contributed by atoms with Gasteiger partial charge in [-0.25, -0.2) is 0 Å². The van der Waals surface area contributed by atoms with Gasteiger partial charge in [0.05, 0.1) is 11.5 Å². The molecule has 100 valence electrons. The normalized spacial score (nSPS) is 21.5. The molecule has 1 aliphatic heterocycles. The molecule has 0 aliphatic carbocycles. The molecule has 0 spiro atoms. The van der Waals surface area contributed by atoms with Crippen molar-refractivity contribution in [1.82, 2.24) is 5.32 Å². The Bertz CT molecular complexity index is 523. The monoisotopic (exact) mass is 277 g/mol. The molecule has 1 saturated heterocycles. The Labute approximate surface area is 115 Å². The molecule has 1 aliphatic rings. The fourth-order valence-corrected chi connectivity index (χ4v) is 2.51. The van der Waals surface area contributed by atoms with E-state index in [1.807, 2.05) is 13.8 Å². The van der Waals surface area contributed by atoms with Crippen molar-refractivity contribution < 1.29 is 9.90 Å². The lowest BCUT2D eigenvalue weighted by molar-refractivity contribution is -0.119. The van der Waals surface area contributed by atoms with Crippen LogP contribution in [0.4, 0.5) is 0 Å². The minimum atomic E-state index is -0.0948. The minimum Gasteiger partial charge on any atom is -0.508 e. The molecule has 1 atom stereocenters. The first-order valence-electron chi connectivity index (χ1n) is 5.94. The number of aromatic hydroxyl groups is 1. The summed E-state index contributed by atoms with van der Waals surface area (Å²) in [5.74, 6) is 0.458. The first-order valence-corrected chi connectivity index (χ1v) is 6.82. The molecule has 5 nitrogen and oxygen atoms in total. The Morgan fingerprint density at radius 2 is 2.05 bits per heavy atom. The second kappa shape index (κ2) is 5.88. The van der Waals surface area contributed by atoms with Gasteiger partial charge >= 0.3 is 0 Å². The summed E-state index contributed by atoms with van der Waals surface area (Å²) in [4.78, 5) is 11.6. The summed E-state index contributed by atoms with van der Waals surface area (Å²) in [6, 6.07) is 6.62. The summed E-state index contributed by atoms with van der Waals surface area (Å²) in [7, 11) is 0. The molecule has 0 aromatic heterocycles. The van der Waals surface area contributed by atoms with Gasteiger partial charge in [-0.15, -0.1) is 5.10 Å². The number of phenolic OH excluding ortho intramolecular Hbond substituents is 1. The van der Waals surface area contributed by atoms with Crippen LogP contribution in [-0.2, 0) is 4.79 Å². The van der Waals surface area contributed by atoms with Gasteiger partial charge in [-0.1, -0.05) is 25.6 Å². The number of hydrogen-bond donors (Lipinski definition) is 2. The summed E-state index contributed by atoms with van der Waals surface area (Å²) < 4.78 is 0. The van der Waals surface area contributed by atoms with Crippen LogP contribution in [0.2, 0.25) is 0 Å². The van der Waals surface area contributed by atoms with Crippen molar-refractivity contribution in [3.63, 3.8) is 0 Å². The summed E-state index contributed by atoms with van der Waals surface area (Å²) >= 11 is 1.40. The number of amidine groups is 1. The summed E-state index contributed by atoms with van der Waals surface area (Å²) in [5.41, 5.74) is 0.830. The molecule has 0 radical (unpaired) electrons. The first kappa shape index (κ1) is 13.6. The van der Waals surface area contributed by atoms with Crippen LogP contribution in [0.5, 0.6) is 5.75 Å². The number of nitrogens with one attached hydrogen (secondary N) is 1. The molecule has 1 aromatic carbocycles. The molecule has 0 saturated carbocycles. The van der Waals surface area contributed by atoms with E-state index in [2.05, 4.69) is 15.5 Å². The van der Waals surface area contributed by atoms with Crippen LogP contribution < -0.4 is 5.32 Å². The molecule has 0 unspecified atom stereocenters. The molecule has 0 bridgehead atoms. The highest BCUT2D eigenvalue weighted by molar-refractivity contribution is 8.15. The van der Waals surface area contributed by atoms with Gasteiger partial charge in [0.1, 0.15) is 5.75 Å². The average molecular weight is 277 g/mol. The molecule has 19 heavy (non-hydrogen) atoms. The molecular formula is C13H15N3O2S. The van der Waals surface area contributed by atoms with Gasteiger partial charge in [0.15, 0.2) is 5.17 Å². The molecule has 1 fully saturated rings. The molecular weight excluding hydrogens is 262 g/mol. The predicted molar refractivity (Wildman–Crippen MR) is 77.5 cm³/mol. The topological polar surface area (TPSA) is 74.1 Å². The standard InChI is InChI=1S/C13H15N3O2S/c1-8(2)11-12(18)15-13(19-11)16-14-7-9-3-5-10(17)6-4-9/h3-8,11,17H,1-2H3,(H,15,16,18)/b14-7+/t11-/m1/s1. The third kappa shape index (κ3) is 3.57. The maximum Gasteiger partial charge on any atom is 0.239 e. The van der Waals surface area contributed by atoms with Crippen LogP contribution in [-0.4, -0.2) is 27.6 Å². The van der Waals surface area contributed by atoms with Gasteiger partial charge in [0.2, 0.25) is 5.91 Å². The number of rotatable bonds is 3. The zero-order chi connectivity index (χ0) is 13.8. The third-order valence-electron chi connectivity index (χ3n) is 2.58. The van der Waals surface area contributed by atoms with Gasteiger partial charge in [-0.05, 0) is 35.7 Å². The number of amides is 1. The summed E-state index contributed by atoms with van der Waals surface area (Å²) in [6.45, 7) is 4.00. The number of phenols is 1. The fraction of sp³-hybridized carbons (Fsp3) is 0.308. The van der Waals surface area contributed by atoms with Crippen molar-refractivity contribution in [2.45, 2.75) is 19.1 Å². The van der Waals surface area contributed by atoms with E-state index in [0.717, 1.165) is 5.56 Å². The summed E-state index contributed by atoms with van der Waals surface area (Å²) in [5, 5.41) is 20.2. The van der Waals surface area contributed by atoms with Crippen LogP contribution in [0.1, 0.15) is 19.4 Å². The lowest BCUT2D eigenvalue weighted by Gasteiger charge is -2.07. The maximum absolute atomic E-state index is 11.6. The van der Waals surface area contributed by atoms with Crippen molar-refractivity contribution in [3.05, 3.63) is 29.8 Å². The average Bonchev–Trinajstić information content (AvgIpc) is 2.73. The largest absolute Gasteiger partial charge is 0.508 e. The van der Waals surface area contributed by atoms with Crippen LogP contribution in [0.3, 0.4) is 0 Å². The van der Waals surface area contributed by atoms with Gasteiger partial charge in [-0.2, -0.15) is 5.10 Å². The van der Waals surface area contributed by atoms with E-state index in [1.165, 1.54) is 11.8 Å². The number of benzene rings is 1. The van der Waals surface area contributed by atoms with Crippen molar-refractivity contribution in [2.24, 2.45) is 16.1 Å². The third-order valence-corrected chi connectivity index (χ3v) is 4.00. The highest BCUT2D eigenvalue weighted by Crippen LogP contribution is 2.25. The number of nitrogens with zero attached hydrogens (tertiary/aromatic N) is 2. The number of hydrogen-bond acceptors (Lipinski definition) is 5. The molecule has 1 amide bonds. The Morgan fingerprint density at radius 3 is 2.63 bits per heavy atom. The number of carbonyl (C=O) groups excluding carboxylic acids is 1. The lowest BCUT2D eigenvalue weighted by atomic mass is 10.1. The highest BCUT2D eigenvalue weighted by atomic mass is 32.2. The predicted octanol–water partition coefficient (Wildman–Crippen LogP) is 1.97. The van der Waals surface area contributed by atoms with E-state index in [-0.39, 0.29) is 22.8 Å². The zero-order valence-electron chi connectivity index (χ0n) is 10.7. The van der Waals surface area contributed by atoms with Crippen LogP contribution >= 0.6 is 11.8 Å². The molecule has 6 heteroatoms. The van der Waals surface area contributed by atoms with Gasteiger partial charge in [-0.3, -0.25) is 4.79 Å². The summed E-state index contributed by atoms with van der Waals surface area (Å²) in [6.07, 6.45) is 1.57. The Balaban J connectivity index is 2.00. The minimum absolute atomic E-state index is 0.0152. The van der Waals surface area contributed by atoms with E-state index in [0.29, 0.717) is 5.17 Å². The SMILES string of the molecule is CC(C)[C@H]1S/C(=N\N=C\c2ccc(O)cc2)NC1=O. The van der Waals surface area contributed by atoms with Crippen LogP contribution in [0, 0.1) is 5.92 Å². The molecule has 2 N–H and O–H groups in total. The van der Waals surface area contributed by atoms with Gasteiger partial charge in [0, 0.05) is 0 Å².